The molecule has 2 heterocycles. The minimum Gasteiger partial charge on any atom is -0.365 e. The molecule has 0 saturated carbocycles. The number of carbonyl (C=O) groups excluding carboxylic acids is 1. The Labute approximate surface area is 113 Å². The van der Waals surface area contributed by atoms with Crippen LogP contribution in [-0.2, 0) is 12.8 Å². The number of anilines is 1. The molecule has 1 aromatic rings. The molecule has 0 aromatic carbocycles. The predicted octanol–water partition coefficient (Wildman–Crippen LogP) is 0.833. The second-order valence-corrected chi connectivity index (χ2v) is 5.40. The first-order valence-electron chi connectivity index (χ1n) is 7.04. The Hall–Kier alpha value is -1.62. The molecule has 0 spiro atoms. The Morgan fingerprint density at radius 3 is 3.05 bits per heavy atom. The van der Waals surface area contributed by atoms with Crippen LogP contribution in [0.4, 0.5) is 5.82 Å². The minimum absolute atomic E-state index is 0.332. The van der Waals surface area contributed by atoms with Crippen LogP contribution in [0.1, 0.15) is 40.9 Å². The van der Waals surface area contributed by atoms with Crippen molar-refractivity contribution in [3.63, 3.8) is 0 Å². The normalized spacial score (nSPS) is 22.0. The molecule has 1 aliphatic carbocycles. The minimum atomic E-state index is -0.395. The fraction of sp³-hybridized carbons (Fsp3) is 0.571. The Bertz CT molecular complexity index is 494. The van der Waals surface area contributed by atoms with E-state index in [-0.39, 0.29) is 0 Å². The Kier molecular flexibility index (Phi) is 3.38. The Balaban J connectivity index is 1.87. The summed E-state index contributed by atoms with van der Waals surface area (Å²) in [5, 5.41) is 6.74. The number of piperidine rings is 1. The van der Waals surface area contributed by atoms with Crippen LogP contribution in [0.5, 0.6) is 0 Å². The van der Waals surface area contributed by atoms with Gasteiger partial charge in [-0.2, -0.15) is 0 Å². The summed E-state index contributed by atoms with van der Waals surface area (Å²) in [6.45, 7) is 1.98. The molecule has 1 unspecified atom stereocenters. The summed E-state index contributed by atoms with van der Waals surface area (Å²) in [5.41, 5.74) is 8.32. The third-order valence-corrected chi connectivity index (χ3v) is 3.95. The van der Waals surface area contributed by atoms with Gasteiger partial charge in [-0.3, -0.25) is 4.79 Å². The van der Waals surface area contributed by atoms with E-state index >= 15 is 0 Å². The SMILES string of the molecule is NC(=O)c1cc2c(nc1NC1CCCNC1)CCC2. The summed E-state index contributed by atoms with van der Waals surface area (Å²) < 4.78 is 0. The fourth-order valence-corrected chi connectivity index (χ4v) is 2.94. The van der Waals surface area contributed by atoms with Gasteiger partial charge in [0, 0.05) is 18.3 Å². The van der Waals surface area contributed by atoms with E-state index in [1.54, 1.807) is 0 Å². The average molecular weight is 260 g/mol. The van der Waals surface area contributed by atoms with Gasteiger partial charge in [0.25, 0.3) is 5.91 Å². The van der Waals surface area contributed by atoms with Crippen molar-refractivity contribution >= 4 is 11.7 Å². The molecule has 5 nitrogen and oxygen atoms in total. The lowest BCUT2D eigenvalue weighted by Crippen LogP contribution is -2.39. The first-order valence-corrected chi connectivity index (χ1v) is 7.04. The summed E-state index contributed by atoms with van der Waals surface area (Å²) in [4.78, 5) is 16.2. The highest BCUT2D eigenvalue weighted by Gasteiger charge is 2.21. The fourth-order valence-electron chi connectivity index (χ4n) is 2.94. The van der Waals surface area contributed by atoms with Crippen molar-refractivity contribution in [3.8, 4) is 0 Å². The van der Waals surface area contributed by atoms with Gasteiger partial charge in [-0.25, -0.2) is 4.98 Å². The molecular weight excluding hydrogens is 240 g/mol. The van der Waals surface area contributed by atoms with E-state index in [1.807, 2.05) is 6.07 Å². The summed E-state index contributed by atoms with van der Waals surface area (Å²) >= 11 is 0. The number of carbonyl (C=O) groups is 1. The third-order valence-electron chi connectivity index (χ3n) is 3.95. The lowest BCUT2D eigenvalue weighted by Gasteiger charge is -2.25. The maximum atomic E-state index is 11.6. The standard InChI is InChI=1S/C14H20N4O/c15-13(19)11-7-9-3-1-5-12(9)18-14(11)17-10-4-2-6-16-8-10/h7,10,16H,1-6,8H2,(H2,15,19)(H,17,18). The van der Waals surface area contributed by atoms with Gasteiger partial charge in [0.05, 0.1) is 5.56 Å². The second kappa shape index (κ2) is 5.17. The molecular formula is C14H20N4O. The van der Waals surface area contributed by atoms with Crippen molar-refractivity contribution in [2.45, 2.75) is 38.1 Å². The molecule has 4 N–H and O–H groups in total. The number of aryl methyl sites for hydroxylation is 2. The smallest absolute Gasteiger partial charge is 0.252 e. The van der Waals surface area contributed by atoms with Crippen LogP contribution >= 0.6 is 0 Å². The zero-order valence-corrected chi connectivity index (χ0v) is 11.0. The van der Waals surface area contributed by atoms with E-state index in [9.17, 15) is 4.79 Å². The van der Waals surface area contributed by atoms with Crippen molar-refractivity contribution in [2.75, 3.05) is 18.4 Å². The van der Waals surface area contributed by atoms with Crippen molar-refractivity contribution in [3.05, 3.63) is 22.9 Å². The number of nitrogens with two attached hydrogens (primary N) is 1. The molecule has 0 radical (unpaired) electrons. The summed E-state index contributed by atoms with van der Waals surface area (Å²) in [7, 11) is 0. The largest absolute Gasteiger partial charge is 0.365 e. The van der Waals surface area contributed by atoms with Gasteiger partial charge in [-0.05, 0) is 50.3 Å². The van der Waals surface area contributed by atoms with Gasteiger partial charge in [-0.15, -0.1) is 0 Å². The van der Waals surface area contributed by atoms with Crippen molar-refractivity contribution in [1.82, 2.24) is 10.3 Å². The zero-order chi connectivity index (χ0) is 13.2. The molecule has 2 aliphatic rings. The lowest BCUT2D eigenvalue weighted by atomic mass is 10.1. The third kappa shape index (κ3) is 2.56. The Morgan fingerprint density at radius 1 is 1.42 bits per heavy atom. The number of hydrogen-bond donors (Lipinski definition) is 3. The molecule has 1 fully saturated rings. The predicted molar refractivity (Wildman–Crippen MR) is 74.3 cm³/mol. The van der Waals surface area contributed by atoms with E-state index < -0.39 is 5.91 Å². The molecule has 3 rings (SSSR count). The molecule has 5 heteroatoms. The molecule has 19 heavy (non-hydrogen) atoms. The van der Waals surface area contributed by atoms with Crippen LogP contribution in [0.2, 0.25) is 0 Å². The van der Waals surface area contributed by atoms with Crippen LogP contribution in [0.3, 0.4) is 0 Å². The van der Waals surface area contributed by atoms with E-state index in [0.29, 0.717) is 17.4 Å². The van der Waals surface area contributed by atoms with Gasteiger partial charge in [0.1, 0.15) is 5.82 Å². The molecule has 1 aliphatic heterocycles. The van der Waals surface area contributed by atoms with Gasteiger partial charge < -0.3 is 16.4 Å². The highest BCUT2D eigenvalue weighted by Crippen LogP contribution is 2.26. The highest BCUT2D eigenvalue weighted by atomic mass is 16.1. The molecule has 1 saturated heterocycles. The van der Waals surface area contributed by atoms with Gasteiger partial charge >= 0.3 is 0 Å². The number of fused-ring (bicyclic) bond motifs is 1. The maximum absolute atomic E-state index is 11.6. The summed E-state index contributed by atoms with van der Waals surface area (Å²) in [5.74, 6) is 0.273. The zero-order valence-electron chi connectivity index (χ0n) is 11.0. The molecule has 1 atom stereocenters. The molecule has 1 amide bonds. The average Bonchev–Trinajstić information content (AvgIpc) is 2.86. The second-order valence-electron chi connectivity index (χ2n) is 5.40. The first-order chi connectivity index (χ1) is 9.24. The number of rotatable bonds is 3. The van der Waals surface area contributed by atoms with Gasteiger partial charge in [0.2, 0.25) is 0 Å². The van der Waals surface area contributed by atoms with Crippen LogP contribution in [0.25, 0.3) is 0 Å². The van der Waals surface area contributed by atoms with Crippen LogP contribution in [-0.4, -0.2) is 30.0 Å². The number of hydrogen-bond acceptors (Lipinski definition) is 4. The van der Waals surface area contributed by atoms with Crippen LogP contribution in [0.15, 0.2) is 6.07 Å². The maximum Gasteiger partial charge on any atom is 0.252 e. The first kappa shape index (κ1) is 12.4. The van der Waals surface area contributed by atoms with Crippen LogP contribution < -0.4 is 16.4 Å². The topological polar surface area (TPSA) is 80.0 Å². The van der Waals surface area contributed by atoms with E-state index in [2.05, 4.69) is 15.6 Å². The molecule has 0 bridgehead atoms. The number of nitrogens with zero attached hydrogens (tertiary/aromatic N) is 1. The van der Waals surface area contributed by atoms with Gasteiger partial charge in [0.15, 0.2) is 0 Å². The lowest BCUT2D eigenvalue weighted by molar-refractivity contribution is 0.100. The van der Waals surface area contributed by atoms with Crippen LogP contribution in [0, 0.1) is 0 Å². The number of aromatic nitrogens is 1. The highest BCUT2D eigenvalue weighted by molar-refractivity contribution is 5.97. The number of amides is 1. The quantitative estimate of drug-likeness (QED) is 0.752. The van der Waals surface area contributed by atoms with E-state index in [1.165, 1.54) is 5.56 Å². The monoisotopic (exact) mass is 260 g/mol. The molecule has 102 valence electrons. The number of nitrogens with one attached hydrogen (secondary N) is 2. The van der Waals surface area contributed by atoms with E-state index in [0.717, 1.165) is 50.9 Å². The van der Waals surface area contributed by atoms with Gasteiger partial charge in [-0.1, -0.05) is 0 Å². The van der Waals surface area contributed by atoms with Crippen molar-refractivity contribution in [1.29, 1.82) is 0 Å². The number of primary amides is 1. The molecule has 1 aromatic heterocycles. The number of pyridine rings is 1. The Morgan fingerprint density at radius 2 is 2.32 bits per heavy atom. The van der Waals surface area contributed by atoms with Crippen molar-refractivity contribution in [2.24, 2.45) is 5.73 Å². The summed E-state index contributed by atoms with van der Waals surface area (Å²) in [6.07, 6.45) is 5.38. The van der Waals surface area contributed by atoms with Crippen molar-refractivity contribution < 1.29 is 4.79 Å². The van der Waals surface area contributed by atoms with E-state index in [4.69, 9.17) is 5.73 Å². The summed E-state index contributed by atoms with van der Waals surface area (Å²) in [6, 6.07) is 2.26.